The van der Waals surface area contributed by atoms with Crippen LogP contribution in [-0.4, -0.2) is 22.9 Å². The Labute approximate surface area is 125 Å². The molecule has 0 bridgehead atoms. The molecule has 7 nitrogen and oxygen atoms in total. The first kappa shape index (κ1) is 14.9. The number of aromatic nitrogens is 1. The van der Waals surface area contributed by atoms with Crippen LogP contribution in [0.15, 0.2) is 23.6 Å². The maximum absolute atomic E-state index is 12.2. The van der Waals surface area contributed by atoms with E-state index in [0.29, 0.717) is 12.2 Å². The van der Waals surface area contributed by atoms with Gasteiger partial charge in [0, 0.05) is 35.9 Å². The monoisotopic (exact) mass is 306 g/mol. The lowest BCUT2D eigenvalue weighted by Crippen LogP contribution is -2.23. The zero-order valence-electron chi connectivity index (χ0n) is 11.5. The fourth-order valence-corrected chi connectivity index (χ4v) is 2.50. The number of benzene rings is 1. The van der Waals surface area contributed by atoms with Gasteiger partial charge in [0.05, 0.1) is 17.0 Å². The van der Waals surface area contributed by atoms with Crippen molar-refractivity contribution in [2.75, 3.05) is 12.4 Å². The number of hydrogen-bond acceptors (Lipinski definition) is 6. The summed E-state index contributed by atoms with van der Waals surface area (Å²) in [5, 5.41) is 19.1. The Hall–Kier alpha value is -2.48. The van der Waals surface area contributed by atoms with Crippen molar-refractivity contribution in [2.45, 2.75) is 13.5 Å². The summed E-state index contributed by atoms with van der Waals surface area (Å²) in [6.07, 6.45) is 0. The standard InChI is InChI=1S/C13H14N4O3S/c1-8-7-21-12(16-8)6-15-13(18)10-5-9(17(19)20)3-4-11(10)14-2/h3-5,7,14H,6H2,1-2H3,(H,15,18). The Morgan fingerprint density at radius 3 is 2.81 bits per heavy atom. The van der Waals surface area contributed by atoms with Gasteiger partial charge in [0.25, 0.3) is 11.6 Å². The fourth-order valence-electron chi connectivity index (χ4n) is 1.79. The van der Waals surface area contributed by atoms with Crippen LogP contribution in [0.4, 0.5) is 11.4 Å². The van der Waals surface area contributed by atoms with E-state index < -0.39 is 4.92 Å². The van der Waals surface area contributed by atoms with Crippen LogP contribution in [0, 0.1) is 17.0 Å². The summed E-state index contributed by atoms with van der Waals surface area (Å²) in [6.45, 7) is 2.17. The Morgan fingerprint density at radius 1 is 1.48 bits per heavy atom. The predicted octanol–water partition coefficient (Wildman–Crippen LogP) is 2.33. The van der Waals surface area contributed by atoms with E-state index in [0.717, 1.165) is 10.7 Å². The average Bonchev–Trinajstić information content (AvgIpc) is 2.89. The third-order valence-corrected chi connectivity index (χ3v) is 3.76. The molecule has 1 heterocycles. The largest absolute Gasteiger partial charge is 0.387 e. The SMILES string of the molecule is CNc1ccc([N+](=O)[O-])cc1C(=O)NCc1nc(C)cs1. The number of nitrogens with zero attached hydrogens (tertiary/aromatic N) is 2. The minimum Gasteiger partial charge on any atom is -0.387 e. The number of thiazole rings is 1. The molecule has 0 unspecified atom stereocenters. The van der Waals surface area contributed by atoms with Crippen LogP contribution in [0.1, 0.15) is 21.1 Å². The molecular formula is C13H14N4O3S. The van der Waals surface area contributed by atoms with Crippen molar-refractivity contribution >= 4 is 28.6 Å². The molecular weight excluding hydrogens is 292 g/mol. The molecule has 0 aliphatic heterocycles. The molecule has 110 valence electrons. The van der Waals surface area contributed by atoms with Gasteiger partial charge in [-0.2, -0.15) is 0 Å². The summed E-state index contributed by atoms with van der Waals surface area (Å²) in [6, 6.07) is 4.13. The highest BCUT2D eigenvalue weighted by atomic mass is 32.1. The van der Waals surface area contributed by atoms with Gasteiger partial charge < -0.3 is 10.6 Å². The number of nitrogens with one attached hydrogen (secondary N) is 2. The molecule has 0 atom stereocenters. The van der Waals surface area contributed by atoms with Crippen LogP contribution in [0.3, 0.4) is 0 Å². The van der Waals surface area contributed by atoms with E-state index >= 15 is 0 Å². The molecule has 2 rings (SSSR count). The summed E-state index contributed by atoms with van der Waals surface area (Å²) in [5.41, 5.74) is 1.55. The molecule has 0 spiro atoms. The molecule has 0 saturated carbocycles. The predicted molar refractivity (Wildman–Crippen MR) is 80.7 cm³/mol. The molecule has 0 aliphatic rings. The van der Waals surface area contributed by atoms with E-state index in [9.17, 15) is 14.9 Å². The normalized spacial score (nSPS) is 10.2. The Bertz CT molecular complexity index is 684. The van der Waals surface area contributed by atoms with Gasteiger partial charge in [-0.1, -0.05) is 0 Å². The number of carbonyl (C=O) groups is 1. The van der Waals surface area contributed by atoms with Crippen LogP contribution in [0.5, 0.6) is 0 Å². The molecule has 1 amide bonds. The second-order valence-corrected chi connectivity index (χ2v) is 5.24. The van der Waals surface area contributed by atoms with E-state index in [4.69, 9.17) is 0 Å². The Balaban J connectivity index is 2.17. The zero-order valence-corrected chi connectivity index (χ0v) is 12.4. The van der Waals surface area contributed by atoms with Gasteiger partial charge in [0.15, 0.2) is 0 Å². The van der Waals surface area contributed by atoms with E-state index in [1.165, 1.54) is 29.5 Å². The van der Waals surface area contributed by atoms with Crippen LogP contribution >= 0.6 is 11.3 Å². The fraction of sp³-hybridized carbons (Fsp3) is 0.231. The average molecular weight is 306 g/mol. The summed E-state index contributed by atoms with van der Waals surface area (Å²) < 4.78 is 0. The number of rotatable bonds is 5. The van der Waals surface area contributed by atoms with Crippen molar-refractivity contribution in [1.82, 2.24) is 10.3 Å². The third kappa shape index (κ3) is 3.54. The summed E-state index contributed by atoms with van der Waals surface area (Å²) >= 11 is 1.46. The van der Waals surface area contributed by atoms with Gasteiger partial charge in [-0.05, 0) is 13.0 Å². The molecule has 0 saturated heterocycles. The third-order valence-electron chi connectivity index (χ3n) is 2.79. The van der Waals surface area contributed by atoms with Gasteiger partial charge in [-0.3, -0.25) is 14.9 Å². The minimum absolute atomic E-state index is 0.121. The second-order valence-electron chi connectivity index (χ2n) is 4.30. The Morgan fingerprint density at radius 2 is 2.24 bits per heavy atom. The molecule has 21 heavy (non-hydrogen) atoms. The summed E-state index contributed by atoms with van der Waals surface area (Å²) in [7, 11) is 1.65. The van der Waals surface area contributed by atoms with Gasteiger partial charge >= 0.3 is 0 Å². The number of non-ortho nitro benzene ring substituents is 1. The van der Waals surface area contributed by atoms with Gasteiger partial charge in [-0.25, -0.2) is 4.98 Å². The summed E-state index contributed by atoms with van der Waals surface area (Å²) in [5.74, 6) is -0.379. The highest BCUT2D eigenvalue weighted by Gasteiger charge is 2.16. The smallest absolute Gasteiger partial charge is 0.270 e. The minimum atomic E-state index is -0.527. The lowest BCUT2D eigenvalue weighted by Gasteiger charge is -2.09. The van der Waals surface area contributed by atoms with Crippen LogP contribution in [0.2, 0.25) is 0 Å². The van der Waals surface area contributed by atoms with Crippen LogP contribution in [-0.2, 0) is 6.54 Å². The molecule has 0 aliphatic carbocycles. The van der Waals surface area contributed by atoms with Crippen LogP contribution < -0.4 is 10.6 Å². The molecule has 0 fully saturated rings. The molecule has 0 radical (unpaired) electrons. The first-order valence-corrected chi connectivity index (χ1v) is 7.04. The van der Waals surface area contributed by atoms with Gasteiger partial charge in [-0.15, -0.1) is 11.3 Å². The van der Waals surface area contributed by atoms with Crippen molar-refractivity contribution in [1.29, 1.82) is 0 Å². The molecule has 1 aromatic carbocycles. The zero-order chi connectivity index (χ0) is 15.4. The molecule has 1 aromatic heterocycles. The number of amides is 1. The lowest BCUT2D eigenvalue weighted by molar-refractivity contribution is -0.384. The van der Waals surface area contributed by atoms with Gasteiger partial charge in [0.1, 0.15) is 5.01 Å². The van der Waals surface area contributed by atoms with E-state index in [2.05, 4.69) is 15.6 Å². The highest BCUT2D eigenvalue weighted by Crippen LogP contribution is 2.22. The van der Waals surface area contributed by atoms with E-state index in [-0.39, 0.29) is 17.2 Å². The number of carbonyl (C=O) groups excluding carboxylic acids is 1. The van der Waals surface area contributed by atoms with Crippen molar-refractivity contribution < 1.29 is 9.72 Å². The highest BCUT2D eigenvalue weighted by molar-refractivity contribution is 7.09. The van der Waals surface area contributed by atoms with Crippen molar-refractivity contribution in [3.8, 4) is 0 Å². The second kappa shape index (κ2) is 6.31. The van der Waals surface area contributed by atoms with E-state index in [1.54, 1.807) is 7.05 Å². The van der Waals surface area contributed by atoms with E-state index in [1.807, 2.05) is 12.3 Å². The topological polar surface area (TPSA) is 97.2 Å². The molecule has 2 N–H and O–H groups in total. The quantitative estimate of drug-likeness (QED) is 0.652. The number of aryl methyl sites for hydroxylation is 1. The van der Waals surface area contributed by atoms with Crippen molar-refractivity contribution in [2.24, 2.45) is 0 Å². The number of nitro benzene ring substituents is 1. The Kier molecular flexibility index (Phi) is 4.49. The first-order valence-electron chi connectivity index (χ1n) is 6.16. The molecule has 8 heteroatoms. The first-order chi connectivity index (χ1) is 10.0. The lowest BCUT2D eigenvalue weighted by atomic mass is 10.1. The van der Waals surface area contributed by atoms with Gasteiger partial charge in [0.2, 0.25) is 0 Å². The number of nitro groups is 1. The van der Waals surface area contributed by atoms with Crippen LogP contribution in [0.25, 0.3) is 0 Å². The summed E-state index contributed by atoms with van der Waals surface area (Å²) in [4.78, 5) is 26.7. The maximum Gasteiger partial charge on any atom is 0.270 e. The number of hydrogen-bond donors (Lipinski definition) is 2. The van der Waals surface area contributed by atoms with Crippen molar-refractivity contribution in [3.05, 3.63) is 50.0 Å². The number of anilines is 1. The molecule has 2 aromatic rings. The maximum atomic E-state index is 12.2. The van der Waals surface area contributed by atoms with Crippen molar-refractivity contribution in [3.63, 3.8) is 0 Å².